The Morgan fingerprint density at radius 1 is 1.32 bits per heavy atom. The third kappa shape index (κ3) is 2.43. The van der Waals surface area contributed by atoms with Crippen molar-refractivity contribution in [3.05, 3.63) is 47.5 Å². The van der Waals surface area contributed by atoms with Crippen molar-refractivity contribution in [2.45, 2.75) is 37.8 Å². The van der Waals surface area contributed by atoms with E-state index in [2.05, 4.69) is 23.1 Å². The normalized spacial score (nSPS) is 26.9. The largest absolute Gasteiger partial charge is 0.481 e. The van der Waals surface area contributed by atoms with Crippen LogP contribution < -0.4 is 0 Å². The number of hydrogen-bond donors (Lipinski definition) is 1. The summed E-state index contributed by atoms with van der Waals surface area (Å²) >= 11 is 0. The van der Waals surface area contributed by atoms with Gasteiger partial charge < -0.3 is 5.11 Å². The van der Waals surface area contributed by atoms with Gasteiger partial charge in [-0.05, 0) is 30.4 Å². The van der Waals surface area contributed by atoms with Crippen LogP contribution in [-0.4, -0.2) is 28.6 Å². The number of allylic oxidation sites excluding steroid dienone is 1. The number of nitrogens with zero attached hydrogens (tertiary/aromatic N) is 1. The summed E-state index contributed by atoms with van der Waals surface area (Å²) in [7, 11) is 0. The summed E-state index contributed by atoms with van der Waals surface area (Å²) in [5.41, 5.74) is 2.16. The van der Waals surface area contributed by atoms with E-state index in [1.807, 2.05) is 18.2 Å². The second-order valence-corrected chi connectivity index (χ2v) is 5.45. The maximum Gasteiger partial charge on any atom is 0.312 e. The SMILES string of the molecule is O=C(O)C1CN(C2C=CCCC2)Cc2ccccc21. The molecule has 0 fully saturated rings. The number of hydrogen-bond acceptors (Lipinski definition) is 2. The van der Waals surface area contributed by atoms with Gasteiger partial charge in [0.25, 0.3) is 0 Å². The molecule has 0 radical (unpaired) electrons. The minimum atomic E-state index is -0.711. The van der Waals surface area contributed by atoms with E-state index in [4.69, 9.17) is 0 Å². The van der Waals surface area contributed by atoms with Crippen LogP contribution in [0.3, 0.4) is 0 Å². The van der Waals surface area contributed by atoms with Crippen LogP contribution in [0.15, 0.2) is 36.4 Å². The van der Waals surface area contributed by atoms with Crippen molar-refractivity contribution in [1.29, 1.82) is 0 Å². The minimum absolute atomic E-state index is 0.389. The summed E-state index contributed by atoms with van der Waals surface area (Å²) < 4.78 is 0. The molecule has 0 bridgehead atoms. The first-order valence-corrected chi connectivity index (χ1v) is 6.97. The molecule has 0 saturated heterocycles. The Balaban J connectivity index is 1.90. The number of fused-ring (bicyclic) bond motifs is 1. The molecule has 2 aliphatic rings. The van der Waals surface area contributed by atoms with Crippen molar-refractivity contribution in [2.75, 3.05) is 6.54 Å². The average Bonchev–Trinajstić information content (AvgIpc) is 2.47. The van der Waals surface area contributed by atoms with Gasteiger partial charge >= 0.3 is 5.97 Å². The number of rotatable bonds is 2. The summed E-state index contributed by atoms with van der Waals surface area (Å²) in [5.74, 6) is -1.10. The minimum Gasteiger partial charge on any atom is -0.481 e. The molecule has 1 aromatic carbocycles. The Morgan fingerprint density at radius 3 is 2.89 bits per heavy atom. The third-order valence-electron chi connectivity index (χ3n) is 4.22. The standard InChI is InChI=1S/C16H19NO2/c18-16(19)15-11-17(13-7-2-1-3-8-13)10-12-6-4-5-9-14(12)15/h2,4-7,9,13,15H,1,3,8,10-11H2,(H,18,19). The lowest BCUT2D eigenvalue weighted by atomic mass is 9.88. The van der Waals surface area contributed by atoms with Gasteiger partial charge in [0.2, 0.25) is 0 Å². The second kappa shape index (κ2) is 5.17. The van der Waals surface area contributed by atoms with Crippen LogP contribution in [0.1, 0.15) is 36.3 Å². The molecule has 1 heterocycles. The lowest BCUT2D eigenvalue weighted by Gasteiger charge is -2.38. The van der Waals surface area contributed by atoms with Gasteiger partial charge in [-0.2, -0.15) is 0 Å². The molecular formula is C16H19NO2. The summed E-state index contributed by atoms with van der Waals surface area (Å²) in [6.07, 6.45) is 7.98. The van der Waals surface area contributed by atoms with E-state index in [-0.39, 0.29) is 5.92 Å². The fourth-order valence-corrected chi connectivity index (χ4v) is 3.20. The Hall–Kier alpha value is -1.61. The van der Waals surface area contributed by atoms with E-state index in [9.17, 15) is 9.90 Å². The van der Waals surface area contributed by atoms with Crippen LogP contribution in [0.4, 0.5) is 0 Å². The maximum atomic E-state index is 11.5. The molecule has 1 aliphatic heterocycles. The van der Waals surface area contributed by atoms with Crippen LogP contribution in [0.2, 0.25) is 0 Å². The Kier molecular flexibility index (Phi) is 3.38. The van der Waals surface area contributed by atoms with E-state index in [0.717, 1.165) is 24.9 Å². The van der Waals surface area contributed by atoms with Gasteiger partial charge in [-0.1, -0.05) is 36.4 Å². The van der Waals surface area contributed by atoms with Crippen molar-refractivity contribution in [3.63, 3.8) is 0 Å². The molecule has 2 atom stereocenters. The van der Waals surface area contributed by atoms with Crippen molar-refractivity contribution in [3.8, 4) is 0 Å². The highest BCUT2D eigenvalue weighted by Crippen LogP contribution is 2.31. The number of aliphatic carboxylic acids is 1. The van der Waals surface area contributed by atoms with Gasteiger partial charge in [-0.3, -0.25) is 9.69 Å². The fourth-order valence-electron chi connectivity index (χ4n) is 3.20. The molecule has 0 spiro atoms. The summed E-state index contributed by atoms with van der Waals surface area (Å²) in [4.78, 5) is 13.8. The van der Waals surface area contributed by atoms with Crippen LogP contribution >= 0.6 is 0 Å². The second-order valence-electron chi connectivity index (χ2n) is 5.45. The first kappa shape index (κ1) is 12.4. The number of carboxylic acid groups (broad SMARTS) is 1. The lowest BCUT2D eigenvalue weighted by molar-refractivity contribution is -0.139. The highest BCUT2D eigenvalue weighted by atomic mass is 16.4. The molecule has 19 heavy (non-hydrogen) atoms. The van der Waals surface area contributed by atoms with Crippen LogP contribution in [0.5, 0.6) is 0 Å². The van der Waals surface area contributed by atoms with Gasteiger partial charge in [0.05, 0.1) is 5.92 Å². The molecule has 100 valence electrons. The maximum absolute atomic E-state index is 11.5. The quantitative estimate of drug-likeness (QED) is 0.828. The van der Waals surface area contributed by atoms with E-state index in [1.165, 1.54) is 12.0 Å². The molecule has 2 unspecified atom stereocenters. The Bertz CT molecular complexity index is 509. The zero-order valence-electron chi connectivity index (χ0n) is 11.0. The van der Waals surface area contributed by atoms with Crippen LogP contribution in [-0.2, 0) is 11.3 Å². The zero-order valence-corrected chi connectivity index (χ0v) is 11.0. The molecule has 1 N–H and O–H groups in total. The third-order valence-corrected chi connectivity index (χ3v) is 4.22. The highest BCUT2D eigenvalue weighted by Gasteiger charge is 2.32. The summed E-state index contributed by atoms with van der Waals surface area (Å²) in [6.45, 7) is 1.50. The number of carbonyl (C=O) groups is 1. The van der Waals surface area contributed by atoms with Gasteiger partial charge in [-0.15, -0.1) is 0 Å². The number of benzene rings is 1. The molecule has 0 saturated carbocycles. The highest BCUT2D eigenvalue weighted by molar-refractivity contribution is 5.77. The Labute approximate surface area is 113 Å². The molecule has 3 rings (SSSR count). The van der Waals surface area contributed by atoms with Crippen molar-refractivity contribution < 1.29 is 9.90 Å². The van der Waals surface area contributed by atoms with E-state index < -0.39 is 5.97 Å². The first-order valence-electron chi connectivity index (χ1n) is 6.97. The van der Waals surface area contributed by atoms with Crippen LogP contribution in [0.25, 0.3) is 0 Å². The van der Waals surface area contributed by atoms with Crippen molar-refractivity contribution >= 4 is 5.97 Å². The van der Waals surface area contributed by atoms with Gasteiger partial charge in [0, 0.05) is 19.1 Å². The van der Waals surface area contributed by atoms with Gasteiger partial charge in [0.1, 0.15) is 0 Å². The first-order chi connectivity index (χ1) is 9.25. The monoisotopic (exact) mass is 257 g/mol. The average molecular weight is 257 g/mol. The topological polar surface area (TPSA) is 40.5 Å². The molecule has 1 aliphatic carbocycles. The zero-order chi connectivity index (χ0) is 13.2. The van der Waals surface area contributed by atoms with Gasteiger partial charge in [-0.25, -0.2) is 0 Å². The molecule has 1 aromatic rings. The molecular weight excluding hydrogens is 238 g/mol. The Morgan fingerprint density at radius 2 is 2.16 bits per heavy atom. The van der Waals surface area contributed by atoms with Crippen molar-refractivity contribution in [2.24, 2.45) is 0 Å². The smallest absolute Gasteiger partial charge is 0.312 e. The number of carboxylic acids is 1. The van der Waals surface area contributed by atoms with Gasteiger partial charge in [0.15, 0.2) is 0 Å². The predicted octanol–water partition coefficient (Wildman–Crippen LogP) is 2.78. The van der Waals surface area contributed by atoms with E-state index in [1.54, 1.807) is 0 Å². The van der Waals surface area contributed by atoms with Crippen LogP contribution in [0, 0.1) is 0 Å². The lowest BCUT2D eigenvalue weighted by Crippen LogP contribution is -2.42. The molecule has 0 amide bonds. The van der Waals surface area contributed by atoms with Crippen molar-refractivity contribution in [1.82, 2.24) is 4.90 Å². The van der Waals surface area contributed by atoms with E-state index in [0.29, 0.717) is 12.6 Å². The predicted molar refractivity (Wildman–Crippen MR) is 74.0 cm³/mol. The molecule has 3 heteroatoms. The summed E-state index contributed by atoms with van der Waals surface area (Å²) in [6, 6.07) is 8.36. The summed E-state index contributed by atoms with van der Waals surface area (Å²) in [5, 5.41) is 9.46. The van der Waals surface area contributed by atoms with E-state index >= 15 is 0 Å². The molecule has 0 aromatic heterocycles. The molecule has 3 nitrogen and oxygen atoms in total. The fraction of sp³-hybridized carbons (Fsp3) is 0.438.